The van der Waals surface area contributed by atoms with Gasteiger partial charge >= 0.3 is 0 Å². The number of fused-ring (bicyclic) bond motifs is 3. The summed E-state index contributed by atoms with van der Waals surface area (Å²) in [4.78, 5) is 36.6. The second kappa shape index (κ2) is 7.49. The van der Waals surface area contributed by atoms with Crippen LogP contribution in [-0.4, -0.2) is 59.5 Å². The van der Waals surface area contributed by atoms with Gasteiger partial charge in [-0.1, -0.05) is 18.5 Å². The van der Waals surface area contributed by atoms with E-state index in [4.69, 9.17) is 22.1 Å². The molecule has 2 aliphatic rings. The van der Waals surface area contributed by atoms with Crippen LogP contribution < -0.4 is 20.7 Å². The van der Waals surface area contributed by atoms with Gasteiger partial charge in [-0.15, -0.1) is 0 Å². The zero-order valence-corrected chi connectivity index (χ0v) is 16.9. The van der Waals surface area contributed by atoms with Crippen LogP contribution in [0.3, 0.4) is 0 Å². The number of hydrogen-bond donors (Lipinski definition) is 2. The van der Waals surface area contributed by atoms with Crippen molar-refractivity contribution in [2.24, 2.45) is 5.73 Å². The zero-order valence-electron chi connectivity index (χ0n) is 16.1. The van der Waals surface area contributed by atoms with Crippen LogP contribution in [0.4, 0.5) is 17.2 Å². The lowest BCUT2D eigenvalue weighted by atomic mass is 10.1. The number of halogens is 1. The number of likely N-dealkylation sites (N-methyl/N-ethyl adjacent to an activating group) is 1. The number of anilines is 3. The fraction of sp³-hybridized carbons (Fsp3) is 0.368. The monoisotopic (exact) mass is 416 g/mol. The highest BCUT2D eigenvalue weighted by Gasteiger charge is 2.37. The predicted octanol–water partition coefficient (Wildman–Crippen LogP) is 1.57. The normalized spacial score (nSPS) is 18.7. The summed E-state index contributed by atoms with van der Waals surface area (Å²) in [7, 11) is 1.92. The molecule has 152 valence electrons. The average Bonchev–Trinajstić information content (AvgIpc) is 2.67. The van der Waals surface area contributed by atoms with Gasteiger partial charge in [-0.05, 0) is 25.6 Å². The molecule has 1 fully saturated rings. The van der Waals surface area contributed by atoms with Crippen LogP contribution in [0.2, 0.25) is 5.15 Å². The number of aryl methyl sites for hydroxylation is 1. The Kier molecular flexibility index (Phi) is 5.01. The maximum Gasteiger partial charge on any atom is 0.271 e. The van der Waals surface area contributed by atoms with Gasteiger partial charge in [-0.25, -0.2) is 9.97 Å². The Bertz CT molecular complexity index is 998. The summed E-state index contributed by atoms with van der Waals surface area (Å²) in [6.45, 7) is 3.40. The first kappa shape index (κ1) is 19.4. The van der Waals surface area contributed by atoms with E-state index in [-0.39, 0.29) is 28.6 Å². The summed E-state index contributed by atoms with van der Waals surface area (Å²) in [5, 5.41) is 3.24. The molecule has 1 aromatic carbocycles. The highest BCUT2D eigenvalue weighted by Crippen LogP contribution is 2.38. The van der Waals surface area contributed by atoms with E-state index in [2.05, 4.69) is 15.3 Å². The summed E-state index contributed by atoms with van der Waals surface area (Å²) >= 11 is 6.15. The van der Waals surface area contributed by atoms with E-state index in [0.29, 0.717) is 36.7 Å². The molecule has 9 nitrogen and oxygen atoms in total. The molecule has 3 heterocycles. The molecule has 4 rings (SSSR count). The first-order valence-electron chi connectivity index (χ1n) is 9.28. The summed E-state index contributed by atoms with van der Waals surface area (Å²) in [5.41, 5.74) is 7.31. The number of benzene rings is 1. The van der Waals surface area contributed by atoms with E-state index in [1.165, 1.54) is 0 Å². The van der Waals surface area contributed by atoms with E-state index < -0.39 is 5.91 Å². The second-order valence-corrected chi connectivity index (χ2v) is 7.47. The number of carbonyl (C=O) groups is 2. The summed E-state index contributed by atoms with van der Waals surface area (Å²) in [6, 6.07) is 5.34. The predicted molar refractivity (Wildman–Crippen MR) is 109 cm³/mol. The van der Waals surface area contributed by atoms with Gasteiger partial charge in [0.15, 0.2) is 16.7 Å². The SMILES string of the molecule is CCc1nc(C(N)=O)c(Nc2ccc3c(c2)OC[C@@H]2CN(C)CC(=O)N32)nc1Cl. The molecule has 2 amide bonds. The standard InChI is InChI=1S/C19H21ClN6O3/c1-3-12-17(20)24-19(16(23-12)18(21)28)22-10-4-5-13-14(6-10)29-9-11-7-25(2)8-15(27)26(11)13/h4-6,11H,3,7-9H2,1-2H3,(H2,21,28)(H,22,24)/t11-/m0/s1. The minimum Gasteiger partial charge on any atom is -0.489 e. The fourth-order valence-corrected chi connectivity index (χ4v) is 3.90. The van der Waals surface area contributed by atoms with Crippen molar-refractivity contribution in [1.82, 2.24) is 14.9 Å². The number of ether oxygens (including phenoxy) is 1. The number of amides is 2. The maximum atomic E-state index is 12.5. The van der Waals surface area contributed by atoms with Crippen molar-refractivity contribution in [2.45, 2.75) is 19.4 Å². The Balaban J connectivity index is 1.65. The molecule has 1 aromatic heterocycles. The van der Waals surface area contributed by atoms with E-state index >= 15 is 0 Å². The van der Waals surface area contributed by atoms with Crippen LogP contribution in [0.1, 0.15) is 23.1 Å². The number of aromatic nitrogens is 2. The Labute approximate surface area is 172 Å². The maximum absolute atomic E-state index is 12.5. The highest BCUT2D eigenvalue weighted by atomic mass is 35.5. The van der Waals surface area contributed by atoms with Crippen LogP contribution in [-0.2, 0) is 11.2 Å². The Morgan fingerprint density at radius 1 is 1.41 bits per heavy atom. The molecule has 1 atom stereocenters. The Hall–Kier alpha value is -2.91. The third kappa shape index (κ3) is 3.58. The van der Waals surface area contributed by atoms with Gasteiger partial charge in [0.05, 0.1) is 24.0 Å². The Morgan fingerprint density at radius 2 is 2.21 bits per heavy atom. The van der Waals surface area contributed by atoms with Crippen LogP contribution in [0, 0.1) is 0 Å². The van der Waals surface area contributed by atoms with E-state index in [0.717, 1.165) is 12.2 Å². The molecular formula is C19H21ClN6O3. The van der Waals surface area contributed by atoms with Gasteiger partial charge in [-0.2, -0.15) is 0 Å². The largest absolute Gasteiger partial charge is 0.489 e. The van der Waals surface area contributed by atoms with Crippen LogP contribution >= 0.6 is 11.6 Å². The van der Waals surface area contributed by atoms with E-state index in [1.807, 2.05) is 24.9 Å². The quantitative estimate of drug-likeness (QED) is 0.777. The number of rotatable bonds is 4. The zero-order chi connectivity index (χ0) is 20.7. The number of nitrogens with one attached hydrogen (secondary N) is 1. The summed E-state index contributed by atoms with van der Waals surface area (Å²) < 4.78 is 5.89. The van der Waals surface area contributed by atoms with Gasteiger partial charge in [0.25, 0.3) is 5.91 Å². The molecule has 0 radical (unpaired) electrons. The third-order valence-corrected chi connectivity index (χ3v) is 5.26. The van der Waals surface area contributed by atoms with Gasteiger partial charge < -0.3 is 20.7 Å². The number of nitrogens with zero attached hydrogens (tertiary/aromatic N) is 4. The molecule has 0 bridgehead atoms. The molecule has 2 aliphatic heterocycles. The third-order valence-electron chi connectivity index (χ3n) is 4.96. The van der Waals surface area contributed by atoms with Crippen LogP contribution in [0.15, 0.2) is 18.2 Å². The molecular weight excluding hydrogens is 396 g/mol. The van der Waals surface area contributed by atoms with Crippen molar-refractivity contribution in [2.75, 3.05) is 37.0 Å². The lowest BCUT2D eigenvalue weighted by Gasteiger charge is -2.43. The van der Waals surface area contributed by atoms with E-state index in [9.17, 15) is 9.59 Å². The smallest absolute Gasteiger partial charge is 0.271 e. The number of primary amides is 1. The molecule has 10 heteroatoms. The Morgan fingerprint density at radius 3 is 2.93 bits per heavy atom. The van der Waals surface area contributed by atoms with Crippen molar-refractivity contribution < 1.29 is 14.3 Å². The van der Waals surface area contributed by atoms with Crippen LogP contribution in [0.25, 0.3) is 0 Å². The first-order chi connectivity index (χ1) is 13.9. The van der Waals surface area contributed by atoms with Crippen molar-refractivity contribution >= 4 is 40.6 Å². The lowest BCUT2D eigenvalue weighted by Crippen LogP contribution is -2.59. The van der Waals surface area contributed by atoms with Gasteiger partial charge in [0.1, 0.15) is 12.4 Å². The number of carbonyl (C=O) groups excluding carboxylic acids is 2. The number of hydrogen-bond acceptors (Lipinski definition) is 7. The highest BCUT2D eigenvalue weighted by molar-refractivity contribution is 6.30. The summed E-state index contributed by atoms with van der Waals surface area (Å²) in [5.74, 6) is 0.0855. The molecule has 0 aliphatic carbocycles. The van der Waals surface area contributed by atoms with Gasteiger partial charge in [0.2, 0.25) is 5.91 Å². The second-order valence-electron chi connectivity index (χ2n) is 7.11. The molecule has 0 unspecified atom stereocenters. The van der Waals surface area contributed by atoms with Crippen molar-refractivity contribution in [1.29, 1.82) is 0 Å². The lowest BCUT2D eigenvalue weighted by molar-refractivity contribution is -0.122. The molecule has 29 heavy (non-hydrogen) atoms. The first-order valence-corrected chi connectivity index (χ1v) is 9.65. The van der Waals surface area contributed by atoms with Crippen molar-refractivity contribution in [3.05, 3.63) is 34.7 Å². The summed E-state index contributed by atoms with van der Waals surface area (Å²) in [6.07, 6.45) is 0.527. The van der Waals surface area contributed by atoms with Crippen molar-refractivity contribution in [3.8, 4) is 5.75 Å². The molecule has 2 aromatic rings. The average molecular weight is 417 g/mol. The minimum atomic E-state index is -0.702. The van der Waals surface area contributed by atoms with Gasteiger partial charge in [0, 0.05) is 18.3 Å². The molecule has 1 saturated heterocycles. The number of nitrogens with two attached hydrogens (primary N) is 1. The van der Waals surface area contributed by atoms with Crippen LogP contribution in [0.5, 0.6) is 5.75 Å². The molecule has 0 saturated carbocycles. The molecule has 0 spiro atoms. The molecule has 3 N–H and O–H groups in total. The van der Waals surface area contributed by atoms with E-state index in [1.54, 1.807) is 17.0 Å². The minimum absolute atomic E-state index is 0.0131. The fourth-order valence-electron chi connectivity index (χ4n) is 3.64. The van der Waals surface area contributed by atoms with Crippen molar-refractivity contribution in [3.63, 3.8) is 0 Å². The topological polar surface area (TPSA) is 114 Å². The number of piperazine rings is 1. The van der Waals surface area contributed by atoms with Gasteiger partial charge in [-0.3, -0.25) is 14.5 Å².